The van der Waals surface area contributed by atoms with Gasteiger partial charge in [-0.2, -0.15) is 0 Å². The number of amides is 2. The molecule has 0 bridgehead atoms. The number of rotatable bonds is 3. The van der Waals surface area contributed by atoms with Gasteiger partial charge in [0.1, 0.15) is 5.69 Å². The molecule has 106 valence electrons. The highest BCUT2D eigenvalue weighted by Gasteiger charge is 2.26. The van der Waals surface area contributed by atoms with Crippen LogP contribution in [-0.2, 0) is 4.79 Å². The topological polar surface area (TPSA) is 114 Å². The van der Waals surface area contributed by atoms with E-state index in [4.69, 9.17) is 10.8 Å². The third-order valence-electron chi connectivity index (χ3n) is 3.41. The Morgan fingerprint density at radius 2 is 1.90 bits per heavy atom. The lowest BCUT2D eigenvalue weighted by Gasteiger charge is -2.30. The highest BCUT2D eigenvalue weighted by atomic mass is 16.4. The summed E-state index contributed by atoms with van der Waals surface area (Å²) < 4.78 is 0. The fraction of sp³-hybridized carbons (Fsp3) is 0.385. The highest BCUT2D eigenvalue weighted by molar-refractivity contribution is 5.95. The van der Waals surface area contributed by atoms with Crippen LogP contribution in [0.4, 0.5) is 0 Å². The van der Waals surface area contributed by atoms with Crippen LogP contribution in [0.3, 0.4) is 0 Å². The molecule has 0 unspecified atom stereocenters. The minimum atomic E-state index is -1.13. The van der Waals surface area contributed by atoms with Crippen LogP contribution in [-0.4, -0.2) is 45.9 Å². The zero-order valence-electron chi connectivity index (χ0n) is 10.8. The van der Waals surface area contributed by atoms with E-state index < -0.39 is 5.97 Å². The molecule has 1 aliphatic rings. The van der Waals surface area contributed by atoms with Gasteiger partial charge in [-0.05, 0) is 25.0 Å². The summed E-state index contributed by atoms with van der Waals surface area (Å²) in [6, 6.07) is 2.74. The molecule has 20 heavy (non-hydrogen) atoms. The summed E-state index contributed by atoms with van der Waals surface area (Å²) in [5, 5.41) is 8.74. The Labute approximate surface area is 115 Å². The molecule has 2 heterocycles. The average Bonchev–Trinajstić information content (AvgIpc) is 2.46. The van der Waals surface area contributed by atoms with E-state index in [0.717, 1.165) is 0 Å². The maximum Gasteiger partial charge on any atom is 0.354 e. The van der Waals surface area contributed by atoms with E-state index in [1.54, 1.807) is 4.90 Å². The second-order valence-electron chi connectivity index (χ2n) is 4.71. The number of hydrogen-bond donors (Lipinski definition) is 2. The SMILES string of the molecule is NC(=O)C1CCN(C(=O)c2ccc(C(=O)O)nc2)CC1. The van der Waals surface area contributed by atoms with Crippen LogP contribution in [0, 0.1) is 5.92 Å². The fourth-order valence-corrected chi connectivity index (χ4v) is 2.20. The molecule has 1 aromatic heterocycles. The van der Waals surface area contributed by atoms with Gasteiger partial charge < -0.3 is 15.7 Å². The Morgan fingerprint density at radius 3 is 2.35 bits per heavy atom. The van der Waals surface area contributed by atoms with E-state index in [-0.39, 0.29) is 23.4 Å². The van der Waals surface area contributed by atoms with E-state index in [9.17, 15) is 14.4 Å². The summed E-state index contributed by atoms with van der Waals surface area (Å²) in [5.41, 5.74) is 5.47. The summed E-state index contributed by atoms with van der Waals surface area (Å²) >= 11 is 0. The first-order valence-corrected chi connectivity index (χ1v) is 6.27. The smallest absolute Gasteiger partial charge is 0.354 e. The fourth-order valence-electron chi connectivity index (χ4n) is 2.20. The van der Waals surface area contributed by atoms with Crippen LogP contribution >= 0.6 is 0 Å². The third kappa shape index (κ3) is 2.93. The molecule has 2 rings (SSSR count). The maximum absolute atomic E-state index is 12.2. The number of aromatic carboxylic acids is 1. The lowest BCUT2D eigenvalue weighted by Crippen LogP contribution is -2.41. The molecule has 7 nitrogen and oxygen atoms in total. The Kier molecular flexibility index (Phi) is 3.97. The molecule has 0 atom stereocenters. The zero-order valence-corrected chi connectivity index (χ0v) is 10.8. The van der Waals surface area contributed by atoms with Crippen molar-refractivity contribution in [3.63, 3.8) is 0 Å². The van der Waals surface area contributed by atoms with Crippen molar-refractivity contribution in [1.82, 2.24) is 9.88 Å². The minimum Gasteiger partial charge on any atom is -0.477 e. The molecule has 2 amide bonds. The lowest BCUT2D eigenvalue weighted by molar-refractivity contribution is -0.123. The van der Waals surface area contributed by atoms with Crippen molar-refractivity contribution >= 4 is 17.8 Å². The van der Waals surface area contributed by atoms with Gasteiger partial charge >= 0.3 is 5.97 Å². The quantitative estimate of drug-likeness (QED) is 0.814. The number of hydrogen-bond acceptors (Lipinski definition) is 4. The van der Waals surface area contributed by atoms with E-state index in [0.29, 0.717) is 31.5 Å². The molecule has 1 aromatic rings. The van der Waals surface area contributed by atoms with Crippen molar-refractivity contribution in [2.45, 2.75) is 12.8 Å². The monoisotopic (exact) mass is 277 g/mol. The van der Waals surface area contributed by atoms with Gasteiger partial charge in [-0.25, -0.2) is 9.78 Å². The minimum absolute atomic E-state index is 0.103. The van der Waals surface area contributed by atoms with E-state index in [1.165, 1.54) is 18.3 Å². The first-order chi connectivity index (χ1) is 9.49. The van der Waals surface area contributed by atoms with Crippen LogP contribution < -0.4 is 5.73 Å². The Hall–Kier alpha value is -2.44. The Morgan fingerprint density at radius 1 is 1.25 bits per heavy atom. The second-order valence-corrected chi connectivity index (χ2v) is 4.71. The standard InChI is InChI=1S/C13H15N3O4/c14-11(17)8-3-5-16(6-4-8)12(18)9-1-2-10(13(19)20)15-7-9/h1-2,7-8H,3-6H2,(H2,14,17)(H,19,20). The summed E-state index contributed by atoms with van der Waals surface area (Å²) in [6.45, 7) is 0.931. The van der Waals surface area contributed by atoms with Crippen LogP contribution in [0.1, 0.15) is 33.7 Å². The first kappa shape index (κ1) is 14.0. The number of primary amides is 1. The average molecular weight is 277 g/mol. The van der Waals surface area contributed by atoms with Crippen molar-refractivity contribution in [2.75, 3.05) is 13.1 Å². The number of pyridine rings is 1. The van der Waals surface area contributed by atoms with Gasteiger partial charge in [0.15, 0.2) is 0 Å². The molecule has 1 fully saturated rings. The molecular formula is C13H15N3O4. The van der Waals surface area contributed by atoms with Gasteiger partial charge in [0.25, 0.3) is 5.91 Å². The van der Waals surface area contributed by atoms with E-state index in [1.807, 2.05) is 0 Å². The second kappa shape index (κ2) is 5.68. The normalized spacial score (nSPS) is 15.9. The predicted molar refractivity (Wildman–Crippen MR) is 69.0 cm³/mol. The van der Waals surface area contributed by atoms with Crippen molar-refractivity contribution in [1.29, 1.82) is 0 Å². The molecule has 0 aliphatic carbocycles. The zero-order chi connectivity index (χ0) is 14.7. The number of piperidine rings is 1. The number of nitrogens with zero attached hydrogens (tertiary/aromatic N) is 2. The summed E-state index contributed by atoms with van der Waals surface area (Å²) in [6.07, 6.45) is 2.37. The number of carbonyl (C=O) groups is 3. The summed E-state index contributed by atoms with van der Waals surface area (Å²) in [7, 11) is 0. The number of aromatic nitrogens is 1. The number of carboxylic acid groups (broad SMARTS) is 1. The van der Waals surface area contributed by atoms with Crippen molar-refractivity contribution < 1.29 is 19.5 Å². The molecule has 0 aromatic carbocycles. The van der Waals surface area contributed by atoms with Crippen LogP contribution in [0.2, 0.25) is 0 Å². The van der Waals surface area contributed by atoms with Gasteiger partial charge in [0.05, 0.1) is 5.56 Å². The van der Waals surface area contributed by atoms with Crippen molar-refractivity contribution in [3.8, 4) is 0 Å². The van der Waals surface area contributed by atoms with Crippen molar-refractivity contribution in [3.05, 3.63) is 29.6 Å². The molecule has 0 radical (unpaired) electrons. The summed E-state index contributed by atoms with van der Waals surface area (Å²) in [4.78, 5) is 39.3. The molecular weight excluding hydrogens is 262 g/mol. The highest BCUT2D eigenvalue weighted by Crippen LogP contribution is 2.18. The van der Waals surface area contributed by atoms with E-state index in [2.05, 4.69) is 4.98 Å². The molecule has 7 heteroatoms. The summed E-state index contributed by atoms with van der Waals surface area (Å²) in [5.74, 6) is -1.85. The largest absolute Gasteiger partial charge is 0.477 e. The predicted octanol–water partition coefficient (Wildman–Crippen LogP) is 0.117. The Balaban J connectivity index is 2.01. The molecule has 1 aliphatic heterocycles. The molecule has 0 spiro atoms. The number of carbonyl (C=O) groups excluding carboxylic acids is 2. The van der Waals surface area contributed by atoms with Crippen LogP contribution in [0.15, 0.2) is 18.3 Å². The van der Waals surface area contributed by atoms with E-state index >= 15 is 0 Å². The van der Waals surface area contributed by atoms with Gasteiger partial charge in [-0.3, -0.25) is 9.59 Å². The third-order valence-corrected chi connectivity index (χ3v) is 3.41. The van der Waals surface area contributed by atoms with Gasteiger partial charge in [-0.15, -0.1) is 0 Å². The Bertz CT molecular complexity index is 533. The number of carboxylic acids is 1. The van der Waals surface area contributed by atoms with Gasteiger partial charge in [0, 0.05) is 25.2 Å². The maximum atomic E-state index is 12.2. The number of likely N-dealkylation sites (tertiary alicyclic amines) is 1. The van der Waals surface area contributed by atoms with Gasteiger partial charge in [0.2, 0.25) is 5.91 Å². The van der Waals surface area contributed by atoms with Crippen LogP contribution in [0.5, 0.6) is 0 Å². The van der Waals surface area contributed by atoms with Crippen molar-refractivity contribution in [2.24, 2.45) is 11.7 Å². The molecule has 3 N–H and O–H groups in total. The lowest BCUT2D eigenvalue weighted by atomic mass is 9.96. The first-order valence-electron chi connectivity index (χ1n) is 6.27. The van der Waals surface area contributed by atoms with Gasteiger partial charge in [-0.1, -0.05) is 0 Å². The van der Waals surface area contributed by atoms with Crippen LogP contribution in [0.25, 0.3) is 0 Å². The molecule has 0 saturated carbocycles. The molecule has 1 saturated heterocycles. The number of nitrogens with two attached hydrogens (primary N) is 1.